The maximum absolute atomic E-state index is 11.4. The summed E-state index contributed by atoms with van der Waals surface area (Å²) >= 11 is 0. The highest BCUT2D eigenvalue weighted by Gasteiger charge is 2.13. The summed E-state index contributed by atoms with van der Waals surface area (Å²) < 4.78 is 5.57. The van der Waals surface area contributed by atoms with Crippen LogP contribution in [0.5, 0.6) is 0 Å². The van der Waals surface area contributed by atoms with Gasteiger partial charge in [-0.3, -0.25) is 9.59 Å². The number of hydrogen-bond donors (Lipinski definition) is 2. The van der Waals surface area contributed by atoms with E-state index in [1.807, 2.05) is 0 Å². The molecule has 0 bridgehead atoms. The third-order valence-corrected chi connectivity index (χ3v) is 3.11. The van der Waals surface area contributed by atoms with Gasteiger partial charge in [-0.1, -0.05) is 0 Å². The van der Waals surface area contributed by atoms with Crippen LogP contribution in [0, 0.1) is 0 Å². The molecule has 0 aromatic carbocycles. The molecule has 2 N–H and O–H groups in total. The van der Waals surface area contributed by atoms with Crippen LogP contribution in [0.3, 0.4) is 0 Å². The van der Waals surface area contributed by atoms with E-state index in [4.69, 9.17) is 9.84 Å². The summed E-state index contributed by atoms with van der Waals surface area (Å²) in [5.74, 6) is -0.791. The van der Waals surface area contributed by atoms with Crippen molar-refractivity contribution in [3.8, 4) is 0 Å². The fourth-order valence-electron chi connectivity index (χ4n) is 2.06. The highest BCUT2D eigenvalue weighted by atomic mass is 16.5. The third kappa shape index (κ3) is 7.27. The fourth-order valence-corrected chi connectivity index (χ4v) is 2.06. The van der Waals surface area contributed by atoms with E-state index in [2.05, 4.69) is 5.32 Å². The Morgan fingerprint density at radius 2 is 2.00 bits per heavy atom. The van der Waals surface area contributed by atoms with Crippen LogP contribution in [0.15, 0.2) is 0 Å². The standard InChI is InChI=1S/C13H23NO4/c15-12(6-1-2-7-13(16)17)14-9-8-11-5-3-4-10-18-11/h11H,1-10H2,(H,14,15)(H,16,17). The minimum atomic E-state index is -0.801. The van der Waals surface area contributed by atoms with Crippen LogP contribution >= 0.6 is 0 Å². The minimum absolute atomic E-state index is 0.0104. The third-order valence-electron chi connectivity index (χ3n) is 3.11. The molecule has 1 unspecified atom stereocenters. The molecular weight excluding hydrogens is 234 g/mol. The number of carboxylic acid groups (broad SMARTS) is 1. The fraction of sp³-hybridized carbons (Fsp3) is 0.846. The molecule has 1 fully saturated rings. The van der Waals surface area contributed by atoms with Crippen LogP contribution in [0.25, 0.3) is 0 Å². The highest BCUT2D eigenvalue weighted by Crippen LogP contribution is 2.14. The number of nitrogens with one attached hydrogen (secondary N) is 1. The van der Waals surface area contributed by atoms with Crippen molar-refractivity contribution < 1.29 is 19.4 Å². The summed E-state index contributed by atoms with van der Waals surface area (Å²) in [6.45, 7) is 1.50. The lowest BCUT2D eigenvalue weighted by atomic mass is 10.1. The molecular formula is C13H23NO4. The van der Waals surface area contributed by atoms with Crippen LogP contribution in [-0.4, -0.2) is 36.2 Å². The molecule has 5 nitrogen and oxygen atoms in total. The zero-order valence-electron chi connectivity index (χ0n) is 10.8. The van der Waals surface area contributed by atoms with Crippen molar-refractivity contribution in [2.24, 2.45) is 0 Å². The second-order valence-corrected chi connectivity index (χ2v) is 4.73. The number of carbonyl (C=O) groups is 2. The molecule has 1 aliphatic rings. The molecule has 1 aliphatic heterocycles. The average molecular weight is 257 g/mol. The smallest absolute Gasteiger partial charge is 0.303 e. The lowest BCUT2D eigenvalue weighted by molar-refractivity contribution is -0.137. The summed E-state index contributed by atoms with van der Waals surface area (Å²) in [4.78, 5) is 21.7. The molecule has 0 radical (unpaired) electrons. The molecule has 5 heteroatoms. The molecule has 1 atom stereocenters. The average Bonchev–Trinajstić information content (AvgIpc) is 2.36. The number of carbonyl (C=O) groups excluding carboxylic acids is 1. The first-order valence-electron chi connectivity index (χ1n) is 6.78. The van der Waals surface area contributed by atoms with Crippen LogP contribution in [0.2, 0.25) is 0 Å². The van der Waals surface area contributed by atoms with Gasteiger partial charge in [-0.15, -0.1) is 0 Å². The van der Waals surface area contributed by atoms with Gasteiger partial charge in [0.1, 0.15) is 0 Å². The summed E-state index contributed by atoms with van der Waals surface area (Å²) in [7, 11) is 0. The molecule has 0 saturated carbocycles. The number of unbranched alkanes of at least 4 members (excludes halogenated alkanes) is 1. The van der Waals surface area contributed by atoms with Crippen molar-refractivity contribution >= 4 is 11.9 Å². The molecule has 0 aromatic rings. The van der Waals surface area contributed by atoms with E-state index < -0.39 is 5.97 Å². The molecule has 1 amide bonds. The molecule has 104 valence electrons. The first-order chi connectivity index (χ1) is 8.68. The second-order valence-electron chi connectivity index (χ2n) is 4.73. The molecule has 0 spiro atoms. The number of amides is 1. The lowest BCUT2D eigenvalue weighted by Gasteiger charge is -2.22. The van der Waals surface area contributed by atoms with Gasteiger partial charge in [0.05, 0.1) is 6.10 Å². The number of rotatable bonds is 8. The van der Waals surface area contributed by atoms with Gasteiger partial charge in [0.25, 0.3) is 0 Å². The van der Waals surface area contributed by atoms with Crippen LogP contribution < -0.4 is 5.32 Å². The Morgan fingerprint density at radius 1 is 1.22 bits per heavy atom. The Morgan fingerprint density at radius 3 is 2.67 bits per heavy atom. The normalized spacial score (nSPS) is 19.4. The van der Waals surface area contributed by atoms with Gasteiger partial charge in [-0.05, 0) is 38.5 Å². The van der Waals surface area contributed by atoms with E-state index in [1.165, 1.54) is 6.42 Å². The summed E-state index contributed by atoms with van der Waals surface area (Å²) in [5, 5.41) is 11.3. The predicted octanol–water partition coefficient (Wildman–Crippen LogP) is 1.71. The van der Waals surface area contributed by atoms with Gasteiger partial charge in [0.15, 0.2) is 0 Å². The van der Waals surface area contributed by atoms with Crippen LogP contribution in [-0.2, 0) is 14.3 Å². The topological polar surface area (TPSA) is 75.6 Å². The van der Waals surface area contributed by atoms with Gasteiger partial charge < -0.3 is 15.2 Å². The van der Waals surface area contributed by atoms with Crippen LogP contribution in [0.1, 0.15) is 51.4 Å². The monoisotopic (exact) mass is 257 g/mol. The van der Waals surface area contributed by atoms with Crippen molar-refractivity contribution in [3.05, 3.63) is 0 Å². The quantitative estimate of drug-likeness (QED) is 0.649. The summed E-state index contributed by atoms with van der Waals surface area (Å²) in [6.07, 6.45) is 6.38. The summed E-state index contributed by atoms with van der Waals surface area (Å²) in [5.41, 5.74) is 0. The molecule has 1 heterocycles. The van der Waals surface area contributed by atoms with Crippen LogP contribution in [0.4, 0.5) is 0 Å². The Hall–Kier alpha value is -1.10. The second kappa shape index (κ2) is 8.91. The molecule has 1 saturated heterocycles. The highest BCUT2D eigenvalue weighted by molar-refractivity contribution is 5.75. The maximum Gasteiger partial charge on any atom is 0.303 e. The van der Waals surface area contributed by atoms with Gasteiger partial charge in [0, 0.05) is 26.0 Å². The zero-order chi connectivity index (χ0) is 13.2. The molecule has 1 rings (SSSR count). The number of aliphatic carboxylic acids is 1. The number of hydrogen-bond acceptors (Lipinski definition) is 3. The Kier molecular flexibility index (Phi) is 7.41. The lowest BCUT2D eigenvalue weighted by Crippen LogP contribution is -2.29. The number of carboxylic acids is 1. The first kappa shape index (κ1) is 15.0. The molecule has 0 aliphatic carbocycles. The Labute approximate surface area is 108 Å². The SMILES string of the molecule is O=C(O)CCCCC(=O)NCCC1CCCCO1. The van der Waals surface area contributed by atoms with E-state index >= 15 is 0 Å². The van der Waals surface area contributed by atoms with Crippen molar-refractivity contribution in [1.29, 1.82) is 0 Å². The molecule has 18 heavy (non-hydrogen) atoms. The van der Waals surface area contributed by atoms with Gasteiger partial charge >= 0.3 is 5.97 Å². The zero-order valence-corrected chi connectivity index (χ0v) is 10.8. The molecule has 0 aromatic heterocycles. The van der Waals surface area contributed by atoms with Crippen molar-refractivity contribution in [2.45, 2.75) is 57.5 Å². The van der Waals surface area contributed by atoms with Gasteiger partial charge in [-0.2, -0.15) is 0 Å². The van der Waals surface area contributed by atoms with E-state index in [1.54, 1.807) is 0 Å². The van der Waals surface area contributed by atoms with E-state index in [0.29, 0.717) is 31.9 Å². The van der Waals surface area contributed by atoms with Crippen molar-refractivity contribution in [1.82, 2.24) is 5.32 Å². The van der Waals surface area contributed by atoms with Crippen molar-refractivity contribution in [3.63, 3.8) is 0 Å². The van der Waals surface area contributed by atoms with E-state index in [9.17, 15) is 9.59 Å². The Bertz CT molecular complexity index is 262. The predicted molar refractivity (Wildman–Crippen MR) is 67.3 cm³/mol. The maximum atomic E-state index is 11.4. The van der Waals surface area contributed by atoms with Gasteiger partial charge in [0.2, 0.25) is 5.91 Å². The summed E-state index contributed by atoms with van der Waals surface area (Å²) in [6, 6.07) is 0. The minimum Gasteiger partial charge on any atom is -0.481 e. The van der Waals surface area contributed by atoms with Crippen molar-refractivity contribution in [2.75, 3.05) is 13.2 Å². The van der Waals surface area contributed by atoms with E-state index in [0.717, 1.165) is 25.9 Å². The largest absolute Gasteiger partial charge is 0.481 e. The first-order valence-corrected chi connectivity index (χ1v) is 6.78. The number of ether oxygens (including phenoxy) is 1. The Balaban J connectivity index is 1.94. The van der Waals surface area contributed by atoms with E-state index in [-0.39, 0.29) is 12.3 Å². The van der Waals surface area contributed by atoms with Gasteiger partial charge in [-0.25, -0.2) is 0 Å².